The summed E-state index contributed by atoms with van der Waals surface area (Å²) in [6.07, 6.45) is -1.88. The Bertz CT molecular complexity index is 1620. The molecular formula is C33H34F3N5O2. The van der Waals surface area contributed by atoms with Crippen LogP contribution in [0.4, 0.5) is 13.2 Å². The Hall–Kier alpha value is -4.15. The van der Waals surface area contributed by atoms with Gasteiger partial charge in [-0.2, -0.15) is 13.2 Å². The van der Waals surface area contributed by atoms with E-state index in [1.54, 1.807) is 12.1 Å². The molecule has 7 nitrogen and oxygen atoms in total. The van der Waals surface area contributed by atoms with E-state index >= 15 is 0 Å². The third kappa shape index (κ3) is 6.60. The highest BCUT2D eigenvalue weighted by molar-refractivity contribution is 5.99. The third-order valence-electron chi connectivity index (χ3n) is 8.57. The van der Waals surface area contributed by atoms with Crippen LogP contribution in [0.15, 0.2) is 66.7 Å². The van der Waals surface area contributed by atoms with E-state index in [1.807, 2.05) is 30.3 Å². The molecule has 3 heterocycles. The molecule has 6 rings (SSSR count). The van der Waals surface area contributed by atoms with Crippen molar-refractivity contribution in [1.82, 2.24) is 20.1 Å². The zero-order valence-electron chi connectivity index (χ0n) is 23.7. The highest BCUT2D eigenvalue weighted by Crippen LogP contribution is 2.31. The maximum atomic E-state index is 13.2. The maximum absolute atomic E-state index is 13.2. The summed E-state index contributed by atoms with van der Waals surface area (Å²) in [6.45, 7) is 4.53. The Morgan fingerprint density at radius 3 is 2.14 bits per heavy atom. The van der Waals surface area contributed by atoms with Gasteiger partial charge in [-0.05, 0) is 72.0 Å². The summed E-state index contributed by atoms with van der Waals surface area (Å²) in [6, 6.07) is 18.6. The molecule has 0 bridgehead atoms. The van der Waals surface area contributed by atoms with E-state index in [0.29, 0.717) is 17.7 Å². The van der Waals surface area contributed by atoms with Crippen molar-refractivity contribution in [1.29, 1.82) is 0 Å². The molecule has 4 N–H and O–H groups in total. The SMILES string of the molecule is NC(=O)c1ccc(CN2CCc3[nH]c4ccc(C(=O)NC5CCN(Cc6ccc(C(F)(F)F)cc6)CC5)cc4c3C2)cc1. The van der Waals surface area contributed by atoms with E-state index < -0.39 is 17.6 Å². The largest absolute Gasteiger partial charge is 0.416 e. The number of piperidine rings is 1. The van der Waals surface area contributed by atoms with Gasteiger partial charge >= 0.3 is 6.18 Å². The molecule has 2 aliphatic heterocycles. The number of benzene rings is 3. The fourth-order valence-corrected chi connectivity index (χ4v) is 6.14. The van der Waals surface area contributed by atoms with E-state index in [-0.39, 0.29) is 11.9 Å². The van der Waals surface area contributed by atoms with Crippen LogP contribution >= 0.6 is 0 Å². The first-order valence-electron chi connectivity index (χ1n) is 14.6. The van der Waals surface area contributed by atoms with Crippen molar-refractivity contribution in [2.24, 2.45) is 5.73 Å². The van der Waals surface area contributed by atoms with E-state index in [9.17, 15) is 22.8 Å². The lowest BCUT2D eigenvalue weighted by Gasteiger charge is -2.32. The molecule has 0 unspecified atom stereocenters. The standard InChI is InChI=1S/C33H34F3N5O2/c34-33(35,36)25-8-3-22(4-9-25)18-40-14-11-26(12-15-40)38-32(43)24-7-10-29-27(17-24)28-20-41(16-13-30(28)39-29)19-21-1-5-23(6-2-21)31(37)42/h1-10,17,26,39H,11-16,18-20H2,(H2,37,42)(H,38,43). The number of amides is 2. The fraction of sp³-hybridized carbons (Fsp3) is 0.333. The zero-order chi connectivity index (χ0) is 30.1. The van der Waals surface area contributed by atoms with E-state index in [1.165, 1.54) is 23.4 Å². The van der Waals surface area contributed by atoms with Crippen LogP contribution in [0.2, 0.25) is 0 Å². The van der Waals surface area contributed by atoms with Gasteiger partial charge in [-0.15, -0.1) is 0 Å². The van der Waals surface area contributed by atoms with Gasteiger partial charge in [0.25, 0.3) is 5.91 Å². The molecule has 0 atom stereocenters. The number of hydrogen-bond acceptors (Lipinski definition) is 4. The number of fused-ring (bicyclic) bond motifs is 3. The number of nitrogens with two attached hydrogens (primary N) is 1. The normalized spacial score (nSPS) is 16.7. The summed E-state index contributed by atoms with van der Waals surface area (Å²) in [4.78, 5) is 32.7. The highest BCUT2D eigenvalue weighted by atomic mass is 19.4. The number of primary amides is 1. The Labute approximate surface area is 247 Å². The van der Waals surface area contributed by atoms with Gasteiger partial charge in [0.05, 0.1) is 5.56 Å². The molecule has 3 aromatic carbocycles. The predicted molar refractivity (Wildman–Crippen MR) is 158 cm³/mol. The van der Waals surface area contributed by atoms with Crippen LogP contribution in [0.1, 0.15) is 61.5 Å². The predicted octanol–water partition coefficient (Wildman–Crippen LogP) is 5.24. The number of nitrogens with one attached hydrogen (secondary N) is 2. The number of H-pyrrole nitrogens is 1. The number of alkyl halides is 3. The smallest absolute Gasteiger partial charge is 0.366 e. The van der Waals surface area contributed by atoms with Crippen molar-refractivity contribution in [2.45, 2.75) is 51.1 Å². The second-order valence-electron chi connectivity index (χ2n) is 11.6. The van der Waals surface area contributed by atoms with Gasteiger partial charge in [-0.3, -0.25) is 19.4 Å². The van der Waals surface area contributed by atoms with Crippen molar-refractivity contribution in [3.63, 3.8) is 0 Å². The summed E-state index contributed by atoms with van der Waals surface area (Å²) < 4.78 is 38.5. The van der Waals surface area contributed by atoms with Crippen molar-refractivity contribution in [3.8, 4) is 0 Å². The highest BCUT2D eigenvalue weighted by Gasteiger charge is 2.30. The minimum absolute atomic E-state index is 0.0450. The maximum Gasteiger partial charge on any atom is 0.416 e. The molecule has 1 fully saturated rings. The van der Waals surface area contributed by atoms with E-state index in [0.717, 1.165) is 86.1 Å². The number of aromatic nitrogens is 1. The summed E-state index contributed by atoms with van der Waals surface area (Å²) in [5.41, 5.74) is 11.2. The molecule has 0 aliphatic carbocycles. The lowest BCUT2D eigenvalue weighted by molar-refractivity contribution is -0.137. The lowest BCUT2D eigenvalue weighted by Crippen LogP contribution is -2.44. The van der Waals surface area contributed by atoms with Crippen LogP contribution in [0.25, 0.3) is 10.9 Å². The summed E-state index contributed by atoms with van der Waals surface area (Å²) >= 11 is 0. The number of hydrogen-bond donors (Lipinski definition) is 3. The van der Waals surface area contributed by atoms with E-state index in [2.05, 4.69) is 20.1 Å². The molecule has 2 amide bonds. The molecule has 10 heteroatoms. The van der Waals surface area contributed by atoms with Crippen molar-refractivity contribution < 1.29 is 22.8 Å². The van der Waals surface area contributed by atoms with Gasteiger partial charge in [0, 0.05) is 79.5 Å². The molecule has 4 aromatic rings. The molecular weight excluding hydrogens is 555 g/mol. The quantitative estimate of drug-likeness (QED) is 0.275. The number of aromatic amines is 1. The van der Waals surface area contributed by atoms with Crippen LogP contribution in [0.3, 0.4) is 0 Å². The summed E-state index contributed by atoms with van der Waals surface area (Å²) in [5, 5.41) is 4.25. The number of nitrogens with zero attached hydrogens (tertiary/aromatic N) is 2. The molecule has 1 saturated heterocycles. The van der Waals surface area contributed by atoms with Crippen LogP contribution in [-0.4, -0.2) is 52.3 Å². The summed E-state index contributed by atoms with van der Waals surface area (Å²) in [7, 11) is 0. The molecule has 224 valence electrons. The van der Waals surface area contributed by atoms with Crippen LogP contribution in [0, 0.1) is 0 Å². The second kappa shape index (κ2) is 11.9. The van der Waals surface area contributed by atoms with Crippen LogP contribution in [0.5, 0.6) is 0 Å². The van der Waals surface area contributed by atoms with Gasteiger partial charge in [-0.25, -0.2) is 0 Å². The monoisotopic (exact) mass is 589 g/mol. The van der Waals surface area contributed by atoms with Crippen molar-refractivity contribution in [2.75, 3.05) is 19.6 Å². The van der Waals surface area contributed by atoms with E-state index in [4.69, 9.17) is 5.73 Å². The second-order valence-corrected chi connectivity index (χ2v) is 11.6. The van der Waals surface area contributed by atoms with Crippen molar-refractivity contribution in [3.05, 3.63) is 106 Å². The molecule has 0 saturated carbocycles. The fourth-order valence-electron chi connectivity index (χ4n) is 6.14. The topological polar surface area (TPSA) is 94.5 Å². The number of rotatable bonds is 7. The Morgan fingerprint density at radius 2 is 1.49 bits per heavy atom. The molecule has 1 aromatic heterocycles. The van der Waals surface area contributed by atoms with Gasteiger partial charge < -0.3 is 16.0 Å². The van der Waals surface area contributed by atoms with Crippen molar-refractivity contribution >= 4 is 22.7 Å². The Balaban J connectivity index is 1.05. The first-order valence-corrected chi connectivity index (χ1v) is 14.6. The zero-order valence-corrected chi connectivity index (χ0v) is 23.7. The minimum atomic E-state index is -4.33. The van der Waals surface area contributed by atoms with Gasteiger partial charge in [-0.1, -0.05) is 24.3 Å². The number of halogens is 3. The van der Waals surface area contributed by atoms with Gasteiger partial charge in [0.2, 0.25) is 5.91 Å². The molecule has 0 spiro atoms. The summed E-state index contributed by atoms with van der Waals surface area (Å²) in [5.74, 6) is -0.532. The number of likely N-dealkylation sites (tertiary alicyclic amines) is 1. The first kappa shape index (κ1) is 28.9. The van der Waals surface area contributed by atoms with Gasteiger partial charge in [0.15, 0.2) is 0 Å². The molecule has 0 radical (unpaired) electrons. The average Bonchev–Trinajstić information content (AvgIpc) is 3.35. The number of carbonyl (C=O) groups excluding carboxylic acids is 2. The van der Waals surface area contributed by atoms with Crippen LogP contribution < -0.4 is 11.1 Å². The average molecular weight is 590 g/mol. The minimum Gasteiger partial charge on any atom is -0.366 e. The molecule has 2 aliphatic rings. The number of carbonyl (C=O) groups is 2. The Morgan fingerprint density at radius 1 is 0.860 bits per heavy atom. The van der Waals surface area contributed by atoms with Gasteiger partial charge in [0.1, 0.15) is 0 Å². The van der Waals surface area contributed by atoms with Crippen LogP contribution in [-0.2, 0) is 32.2 Å². The molecule has 43 heavy (non-hydrogen) atoms. The lowest BCUT2D eigenvalue weighted by atomic mass is 10.0. The Kier molecular flexibility index (Phi) is 7.98. The first-order chi connectivity index (χ1) is 20.6. The third-order valence-corrected chi connectivity index (χ3v) is 8.57.